The number of hydrogen-bond donors (Lipinski definition) is 1. The number of hydrogen-bond acceptors (Lipinski definition) is 2. The van der Waals surface area contributed by atoms with Crippen molar-refractivity contribution < 1.29 is 26.1 Å². The molecule has 0 atom stereocenters. The Balaban J connectivity index is 0.000000307. The maximum Gasteiger partial charge on any atom is 0.522 e. The van der Waals surface area contributed by atoms with E-state index in [1.165, 1.54) is 16.8 Å². The van der Waals surface area contributed by atoms with Gasteiger partial charge in [-0.3, -0.25) is 4.55 Å². The van der Waals surface area contributed by atoms with E-state index in [1.54, 1.807) is 0 Å². The third-order valence-electron chi connectivity index (χ3n) is 2.74. The highest BCUT2D eigenvalue weighted by Gasteiger charge is 2.44. The van der Waals surface area contributed by atoms with Crippen molar-refractivity contribution in [3.05, 3.63) is 60.7 Å². The van der Waals surface area contributed by atoms with Crippen molar-refractivity contribution in [2.75, 3.05) is 11.5 Å². The lowest BCUT2D eigenvalue weighted by Crippen LogP contribution is -2.21. The molecule has 24 heavy (non-hydrogen) atoms. The smallest absolute Gasteiger partial charge is 0.279 e. The molecule has 132 valence electrons. The molecule has 9 heteroatoms. The second-order valence-electron chi connectivity index (χ2n) is 4.43. The van der Waals surface area contributed by atoms with E-state index in [4.69, 9.17) is 13.0 Å². The van der Waals surface area contributed by atoms with Crippen molar-refractivity contribution >= 4 is 44.6 Å². The summed E-state index contributed by atoms with van der Waals surface area (Å²) in [5.74, 6) is 0. The van der Waals surface area contributed by atoms with Gasteiger partial charge in [-0.1, -0.05) is 76.6 Å². The Labute approximate surface area is 148 Å². The first-order valence-electron chi connectivity index (χ1n) is 6.64. The monoisotopic (exact) mass is 442 g/mol. The molecule has 2 rings (SSSR count). The minimum absolute atomic E-state index is 0.198. The predicted molar refractivity (Wildman–Crippen MR) is 95.3 cm³/mol. The average Bonchev–Trinajstić information content (AvgIpc) is 2.53. The van der Waals surface area contributed by atoms with E-state index in [-0.39, 0.29) is 7.92 Å². The van der Waals surface area contributed by atoms with Crippen molar-refractivity contribution in [2.24, 2.45) is 0 Å². The lowest BCUT2D eigenvalue weighted by atomic mass is 10.4. The SMILES string of the molecule is BrCCP(c1ccccc1)c1ccccc1.O=S(=O)(O)C(F)(F)F. The van der Waals surface area contributed by atoms with Crippen LogP contribution in [-0.4, -0.2) is 30.0 Å². The molecule has 0 aliphatic rings. The van der Waals surface area contributed by atoms with Crippen LogP contribution in [0.2, 0.25) is 0 Å². The Hall–Kier alpha value is -0.950. The van der Waals surface area contributed by atoms with E-state index in [0.717, 1.165) is 5.33 Å². The molecule has 0 aliphatic heterocycles. The zero-order valence-corrected chi connectivity index (χ0v) is 15.6. The molecule has 0 radical (unpaired) electrons. The van der Waals surface area contributed by atoms with Gasteiger partial charge in [-0.2, -0.15) is 21.6 Å². The highest BCUT2D eigenvalue weighted by atomic mass is 79.9. The Bertz CT molecular complexity index is 670. The van der Waals surface area contributed by atoms with E-state index in [0.29, 0.717) is 0 Å². The summed E-state index contributed by atoms with van der Waals surface area (Å²) in [4.78, 5) is 0. The number of benzene rings is 2. The largest absolute Gasteiger partial charge is 0.522 e. The fourth-order valence-electron chi connectivity index (χ4n) is 1.71. The number of alkyl halides is 4. The zero-order chi connectivity index (χ0) is 18.2. The molecule has 0 heterocycles. The van der Waals surface area contributed by atoms with Crippen LogP contribution in [0.4, 0.5) is 13.2 Å². The van der Waals surface area contributed by atoms with E-state index in [1.807, 2.05) is 0 Å². The zero-order valence-electron chi connectivity index (χ0n) is 12.3. The van der Waals surface area contributed by atoms with Crippen LogP contribution in [0.1, 0.15) is 0 Å². The first kappa shape index (κ1) is 21.1. The van der Waals surface area contributed by atoms with Gasteiger partial charge in [0.2, 0.25) is 0 Å². The molecule has 0 amide bonds. The summed E-state index contributed by atoms with van der Waals surface area (Å²) in [7, 11) is -6.04. The molecule has 0 aromatic heterocycles. The van der Waals surface area contributed by atoms with Gasteiger partial charge >= 0.3 is 15.6 Å². The molecule has 2 aromatic carbocycles. The van der Waals surface area contributed by atoms with E-state index < -0.39 is 15.6 Å². The van der Waals surface area contributed by atoms with Gasteiger partial charge < -0.3 is 0 Å². The summed E-state index contributed by atoms with van der Waals surface area (Å²) < 4.78 is 57.5. The van der Waals surface area contributed by atoms with Gasteiger partial charge in [-0.25, -0.2) is 0 Å². The third kappa shape index (κ3) is 6.89. The molecule has 0 aliphatic carbocycles. The minimum Gasteiger partial charge on any atom is -0.279 e. The summed E-state index contributed by atoms with van der Waals surface area (Å²) in [6, 6.07) is 21.6. The van der Waals surface area contributed by atoms with Gasteiger partial charge in [-0.15, -0.1) is 0 Å². The van der Waals surface area contributed by atoms with Crippen molar-refractivity contribution in [2.45, 2.75) is 5.51 Å². The van der Waals surface area contributed by atoms with Crippen LogP contribution in [0.5, 0.6) is 0 Å². The molecule has 2 aromatic rings. The molecule has 0 saturated heterocycles. The molecule has 0 spiro atoms. The van der Waals surface area contributed by atoms with Gasteiger partial charge in [0.25, 0.3) is 0 Å². The third-order valence-corrected chi connectivity index (χ3v) is 6.84. The van der Waals surface area contributed by atoms with Crippen molar-refractivity contribution in [1.29, 1.82) is 0 Å². The maximum absolute atomic E-state index is 10.7. The summed E-state index contributed by atoms with van der Waals surface area (Å²) in [6.07, 6.45) is 1.20. The van der Waals surface area contributed by atoms with E-state index in [2.05, 4.69) is 76.6 Å². The lowest BCUT2D eigenvalue weighted by molar-refractivity contribution is -0.0510. The Kier molecular flexibility index (Phi) is 8.36. The lowest BCUT2D eigenvalue weighted by Gasteiger charge is -2.17. The fourth-order valence-corrected chi connectivity index (χ4v) is 4.82. The molecule has 0 fully saturated rings. The molecule has 0 bridgehead atoms. The summed E-state index contributed by atoms with van der Waals surface area (Å²) in [5, 5.41) is 3.98. The quantitative estimate of drug-likeness (QED) is 0.338. The molecule has 0 saturated carbocycles. The molecular formula is C15H15BrF3O3PS. The van der Waals surface area contributed by atoms with E-state index >= 15 is 0 Å². The average molecular weight is 443 g/mol. The van der Waals surface area contributed by atoms with Gasteiger partial charge in [0.1, 0.15) is 0 Å². The maximum atomic E-state index is 10.7. The second-order valence-corrected chi connectivity index (χ2v) is 8.97. The number of rotatable bonds is 4. The Morgan fingerprint density at radius 3 is 1.50 bits per heavy atom. The standard InChI is InChI=1S/C14H14BrP.CHF3O3S/c15-11-12-16(13-7-3-1-4-8-13)14-9-5-2-6-10-14;2-1(3,4)8(5,6)7/h1-10H,11-12H2;(H,5,6,7). The van der Waals surface area contributed by atoms with Gasteiger partial charge in [0, 0.05) is 5.33 Å². The van der Waals surface area contributed by atoms with Crippen LogP contribution >= 0.6 is 23.9 Å². The van der Waals surface area contributed by atoms with Crippen molar-refractivity contribution in [3.63, 3.8) is 0 Å². The summed E-state index contributed by atoms with van der Waals surface area (Å²) in [5.41, 5.74) is -5.53. The van der Waals surface area contributed by atoms with Crippen LogP contribution in [-0.2, 0) is 10.1 Å². The van der Waals surface area contributed by atoms with Crippen LogP contribution in [0.15, 0.2) is 60.7 Å². The molecule has 1 N–H and O–H groups in total. The first-order valence-corrected chi connectivity index (χ1v) is 10.7. The molecule has 0 unspecified atom stereocenters. The van der Waals surface area contributed by atoms with Crippen LogP contribution in [0.25, 0.3) is 0 Å². The van der Waals surface area contributed by atoms with E-state index in [9.17, 15) is 13.2 Å². The number of halogens is 4. The summed E-state index contributed by atoms with van der Waals surface area (Å²) in [6.45, 7) is 0. The highest BCUT2D eigenvalue weighted by molar-refractivity contribution is 9.09. The Morgan fingerprint density at radius 1 is 0.917 bits per heavy atom. The normalized spacial score (nSPS) is 11.8. The van der Waals surface area contributed by atoms with Crippen LogP contribution in [0, 0.1) is 0 Å². The second kappa shape index (κ2) is 9.51. The topological polar surface area (TPSA) is 54.4 Å². The molecule has 3 nitrogen and oxygen atoms in total. The van der Waals surface area contributed by atoms with Crippen LogP contribution in [0.3, 0.4) is 0 Å². The van der Waals surface area contributed by atoms with Gasteiger partial charge in [0.05, 0.1) is 0 Å². The van der Waals surface area contributed by atoms with Crippen molar-refractivity contribution in [1.82, 2.24) is 0 Å². The Morgan fingerprint density at radius 2 is 1.25 bits per heavy atom. The summed E-state index contributed by atoms with van der Waals surface area (Å²) >= 11 is 3.56. The first-order chi connectivity index (χ1) is 11.2. The molecular weight excluding hydrogens is 428 g/mol. The van der Waals surface area contributed by atoms with Crippen molar-refractivity contribution in [3.8, 4) is 0 Å². The van der Waals surface area contributed by atoms with Gasteiger partial charge in [-0.05, 0) is 24.7 Å². The highest BCUT2D eigenvalue weighted by Crippen LogP contribution is 2.33. The minimum atomic E-state index is -5.84. The van der Waals surface area contributed by atoms with Gasteiger partial charge in [0.15, 0.2) is 0 Å². The predicted octanol–water partition coefficient (Wildman–Crippen LogP) is 3.91. The fraction of sp³-hybridized carbons (Fsp3) is 0.200. The van der Waals surface area contributed by atoms with Crippen LogP contribution < -0.4 is 10.6 Å².